The molecule has 0 aromatic carbocycles. The fourth-order valence-electron chi connectivity index (χ4n) is 1.84. The molecule has 0 fully saturated rings. The molecule has 0 atom stereocenters. The smallest absolute Gasteiger partial charge is 0.159 e. The van der Waals surface area contributed by atoms with Crippen LogP contribution in [0.2, 0.25) is 0 Å². The monoisotopic (exact) mass is 212 g/mol. The minimum absolute atomic E-state index is 0.378. The van der Waals surface area contributed by atoms with Gasteiger partial charge in [0.25, 0.3) is 0 Å². The summed E-state index contributed by atoms with van der Waals surface area (Å²) in [7, 11) is 0. The zero-order valence-corrected chi connectivity index (χ0v) is 11.6. The molecule has 1 heteroatoms. The zero-order chi connectivity index (χ0) is 12.4. The molecule has 1 rings (SSSR count). The predicted octanol–water partition coefficient (Wildman–Crippen LogP) is 4.76. The topological polar surface area (TPSA) is 17.1 Å². The van der Waals surface area contributed by atoms with E-state index in [1.165, 1.54) is 5.57 Å². The molecule has 1 aliphatic rings. The van der Waals surface area contributed by atoms with Gasteiger partial charge >= 0.3 is 0 Å². The van der Waals surface area contributed by atoms with Crippen molar-refractivity contribution in [2.24, 2.45) is 5.92 Å². The molecule has 0 unspecified atom stereocenters. The van der Waals surface area contributed by atoms with E-state index < -0.39 is 0 Å². The van der Waals surface area contributed by atoms with Gasteiger partial charge in [0.15, 0.2) is 5.78 Å². The third-order valence-electron chi connectivity index (χ3n) is 2.29. The van der Waals surface area contributed by atoms with Gasteiger partial charge in [-0.1, -0.05) is 47.1 Å². The molecule has 0 saturated carbocycles. The first-order chi connectivity index (χ1) is 7.13. The maximum Gasteiger partial charge on any atom is 0.159 e. The van der Waals surface area contributed by atoms with E-state index in [1.807, 2.05) is 27.7 Å². The Morgan fingerprint density at radius 1 is 1.00 bits per heavy atom. The van der Waals surface area contributed by atoms with Gasteiger partial charge in [-0.05, 0) is 31.3 Å². The summed E-state index contributed by atoms with van der Waals surface area (Å²) in [6.07, 6.45) is 2.95. The van der Waals surface area contributed by atoms with Crippen molar-refractivity contribution in [3.63, 3.8) is 0 Å². The molecular formula is C14H28O. The van der Waals surface area contributed by atoms with Crippen molar-refractivity contribution in [3.05, 3.63) is 11.1 Å². The Bertz CT molecular complexity index is 199. The van der Waals surface area contributed by atoms with Crippen molar-refractivity contribution in [2.75, 3.05) is 0 Å². The highest BCUT2D eigenvalue weighted by Gasteiger charge is 2.19. The van der Waals surface area contributed by atoms with Crippen LogP contribution < -0.4 is 0 Å². The van der Waals surface area contributed by atoms with Gasteiger partial charge in [-0.25, -0.2) is 0 Å². The number of hydrogen-bond acceptors (Lipinski definition) is 1. The van der Waals surface area contributed by atoms with E-state index in [0.29, 0.717) is 11.7 Å². The standard InChI is InChI=1S/C10H16O.2C2H6/c1-7(2)10-8(3)5-4-6-9(10)11;2*1-2/h7H,4-6H2,1-3H3;2*1-2H3. The van der Waals surface area contributed by atoms with Crippen LogP contribution in [-0.2, 0) is 4.79 Å². The molecule has 0 aromatic rings. The first-order valence-corrected chi connectivity index (χ1v) is 6.35. The van der Waals surface area contributed by atoms with Crippen molar-refractivity contribution in [1.82, 2.24) is 0 Å². The Morgan fingerprint density at radius 3 is 1.73 bits per heavy atom. The SMILES string of the molecule is CC.CC.CC1=C(C(C)C)C(=O)CCC1. The van der Waals surface area contributed by atoms with Crippen molar-refractivity contribution in [2.45, 2.75) is 67.7 Å². The van der Waals surface area contributed by atoms with Crippen molar-refractivity contribution >= 4 is 5.78 Å². The van der Waals surface area contributed by atoms with Crippen LogP contribution in [0.4, 0.5) is 0 Å². The van der Waals surface area contributed by atoms with Crippen LogP contribution in [0, 0.1) is 5.92 Å². The Hall–Kier alpha value is -0.590. The lowest BCUT2D eigenvalue weighted by molar-refractivity contribution is -0.116. The molecule has 1 nitrogen and oxygen atoms in total. The molecule has 0 saturated heterocycles. The number of Topliss-reactive ketones (excluding diaryl/α,β-unsaturated/α-hetero) is 1. The summed E-state index contributed by atoms with van der Waals surface area (Å²) in [6.45, 7) is 14.3. The molecule has 0 spiro atoms. The van der Waals surface area contributed by atoms with Crippen molar-refractivity contribution < 1.29 is 4.79 Å². The van der Waals surface area contributed by atoms with E-state index in [9.17, 15) is 4.79 Å². The van der Waals surface area contributed by atoms with Gasteiger partial charge < -0.3 is 0 Å². The van der Waals surface area contributed by atoms with E-state index >= 15 is 0 Å². The molecule has 0 heterocycles. The quantitative estimate of drug-likeness (QED) is 0.612. The maximum absolute atomic E-state index is 11.4. The van der Waals surface area contributed by atoms with Gasteiger partial charge in [0.05, 0.1) is 0 Å². The van der Waals surface area contributed by atoms with Gasteiger partial charge in [0, 0.05) is 6.42 Å². The Kier molecular flexibility index (Phi) is 11.2. The Balaban J connectivity index is 0. The van der Waals surface area contributed by atoms with Crippen LogP contribution in [0.5, 0.6) is 0 Å². The largest absolute Gasteiger partial charge is 0.295 e. The highest BCUT2D eigenvalue weighted by molar-refractivity contribution is 5.97. The second-order valence-electron chi connectivity index (χ2n) is 3.63. The number of carbonyl (C=O) groups is 1. The number of rotatable bonds is 1. The lowest BCUT2D eigenvalue weighted by Crippen LogP contribution is -2.14. The highest BCUT2D eigenvalue weighted by atomic mass is 16.1. The second-order valence-corrected chi connectivity index (χ2v) is 3.63. The summed E-state index contributed by atoms with van der Waals surface area (Å²) in [5.74, 6) is 0.798. The summed E-state index contributed by atoms with van der Waals surface area (Å²) >= 11 is 0. The molecule has 0 aromatic heterocycles. The summed E-state index contributed by atoms with van der Waals surface area (Å²) in [5, 5.41) is 0. The van der Waals surface area contributed by atoms with Crippen LogP contribution in [0.1, 0.15) is 67.7 Å². The summed E-state index contributed by atoms with van der Waals surface area (Å²) in [5.41, 5.74) is 2.41. The molecule has 0 N–H and O–H groups in total. The zero-order valence-electron chi connectivity index (χ0n) is 11.6. The van der Waals surface area contributed by atoms with Crippen LogP contribution in [-0.4, -0.2) is 5.78 Å². The van der Waals surface area contributed by atoms with E-state index in [4.69, 9.17) is 0 Å². The number of allylic oxidation sites excluding steroid dienone is 2. The Morgan fingerprint density at radius 2 is 1.47 bits per heavy atom. The fraction of sp³-hybridized carbons (Fsp3) is 0.786. The lowest BCUT2D eigenvalue weighted by Gasteiger charge is -2.19. The third kappa shape index (κ3) is 5.76. The Labute approximate surface area is 96.0 Å². The van der Waals surface area contributed by atoms with Crippen LogP contribution in [0.3, 0.4) is 0 Å². The maximum atomic E-state index is 11.4. The van der Waals surface area contributed by atoms with Gasteiger partial charge in [-0.2, -0.15) is 0 Å². The van der Waals surface area contributed by atoms with E-state index in [-0.39, 0.29) is 0 Å². The highest BCUT2D eigenvalue weighted by Crippen LogP contribution is 2.26. The number of hydrogen-bond donors (Lipinski definition) is 0. The fourth-order valence-corrected chi connectivity index (χ4v) is 1.84. The second kappa shape index (κ2) is 9.95. The van der Waals surface area contributed by atoms with Crippen molar-refractivity contribution in [3.8, 4) is 0 Å². The van der Waals surface area contributed by atoms with Gasteiger partial charge in [-0.15, -0.1) is 0 Å². The normalized spacial score (nSPS) is 15.3. The van der Waals surface area contributed by atoms with Crippen LogP contribution in [0.25, 0.3) is 0 Å². The van der Waals surface area contributed by atoms with Gasteiger partial charge in [0.2, 0.25) is 0 Å². The minimum Gasteiger partial charge on any atom is -0.295 e. The average molecular weight is 212 g/mol. The summed E-state index contributed by atoms with van der Waals surface area (Å²) < 4.78 is 0. The molecule has 0 radical (unpaired) electrons. The van der Waals surface area contributed by atoms with Gasteiger partial charge in [0.1, 0.15) is 0 Å². The molecular weight excluding hydrogens is 184 g/mol. The van der Waals surface area contributed by atoms with E-state index in [2.05, 4.69) is 20.8 Å². The van der Waals surface area contributed by atoms with Gasteiger partial charge in [-0.3, -0.25) is 4.79 Å². The molecule has 1 aliphatic carbocycles. The summed E-state index contributed by atoms with van der Waals surface area (Å²) in [6, 6.07) is 0. The van der Waals surface area contributed by atoms with Crippen molar-refractivity contribution in [1.29, 1.82) is 0 Å². The van der Waals surface area contributed by atoms with Crippen LogP contribution >= 0.6 is 0 Å². The molecule has 0 aliphatic heterocycles. The number of carbonyl (C=O) groups excluding carboxylic acids is 1. The average Bonchev–Trinajstić information content (AvgIpc) is 2.23. The molecule has 0 amide bonds. The molecule has 15 heavy (non-hydrogen) atoms. The van der Waals surface area contributed by atoms with E-state index in [0.717, 1.165) is 24.8 Å². The first kappa shape index (κ1) is 16.8. The van der Waals surface area contributed by atoms with E-state index in [1.54, 1.807) is 0 Å². The third-order valence-corrected chi connectivity index (χ3v) is 2.29. The molecule has 90 valence electrons. The predicted molar refractivity (Wildman–Crippen MR) is 69.1 cm³/mol. The molecule has 0 bridgehead atoms. The minimum atomic E-state index is 0.378. The van der Waals surface area contributed by atoms with Crippen LogP contribution in [0.15, 0.2) is 11.1 Å². The number of ketones is 1. The first-order valence-electron chi connectivity index (χ1n) is 6.35. The summed E-state index contributed by atoms with van der Waals surface area (Å²) in [4.78, 5) is 11.4. The lowest BCUT2D eigenvalue weighted by atomic mass is 9.85.